The van der Waals surface area contributed by atoms with Gasteiger partial charge in [-0.05, 0) is 51.9 Å². The van der Waals surface area contributed by atoms with Gasteiger partial charge in [0.05, 0.1) is 18.2 Å². The second-order valence-electron chi connectivity index (χ2n) is 4.15. The number of rotatable bonds is 3. The molecule has 2 aromatic rings. The molecule has 0 saturated heterocycles. The molecule has 2 rings (SSSR count). The molecule has 1 atom stereocenters. The van der Waals surface area contributed by atoms with Crippen molar-refractivity contribution in [2.75, 3.05) is 7.11 Å². The van der Waals surface area contributed by atoms with Crippen molar-refractivity contribution < 1.29 is 9.13 Å². The van der Waals surface area contributed by atoms with Crippen LogP contribution in [0.3, 0.4) is 0 Å². The molecule has 1 unspecified atom stereocenters. The molecule has 0 saturated carbocycles. The van der Waals surface area contributed by atoms with Crippen LogP contribution < -0.4 is 10.5 Å². The third kappa shape index (κ3) is 3.19. The first-order chi connectivity index (χ1) is 9.43. The maximum absolute atomic E-state index is 13.1. The van der Waals surface area contributed by atoms with Crippen LogP contribution in [-0.4, -0.2) is 7.11 Å². The minimum absolute atomic E-state index is 0.302. The van der Waals surface area contributed by atoms with E-state index in [0.29, 0.717) is 21.4 Å². The number of halogens is 4. The maximum Gasteiger partial charge on any atom is 0.138 e. The van der Waals surface area contributed by atoms with Gasteiger partial charge >= 0.3 is 0 Å². The van der Waals surface area contributed by atoms with Crippen LogP contribution in [0.2, 0.25) is 10.0 Å². The number of benzene rings is 2. The van der Waals surface area contributed by atoms with Gasteiger partial charge in [0.2, 0.25) is 0 Å². The summed E-state index contributed by atoms with van der Waals surface area (Å²) in [7, 11) is 1.51. The average molecular weight is 426 g/mol. The number of hydrogen-bond donors (Lipinski definition) is 1. The first kappa shape index (κ1) is 15.8. The van der Waals surface area contributed by atoms with Crippen molar-refractivity contribution in [3.63, 3.8) is 0 Å². The largest absolute Gasteiger partial charge is 0.495 e. The predicted octanol–water partition coefficient (Wildman–Crippen LogP) is 4.79. The van der Waals surface area contributed by atoms with E-state index in [0.717, 1.165) is 9.13 Å². The third-order valence-corrected chi connectivity index (χ3v) is 4.46. The molecule has 0 fully saturated rings. The summed E-state index contributed by atoms with van der Waals surface area (Å²) in [6.07, 6.45) is 0. The molecule has 0 aliphatic rings. The Kier molecular flexibility index (Phi) is 5.12. The van der Waals surface area contributed by atoms with Crippen LogP contribution in [0.5, 0.6) is 5.75 Å². The molecule has 20 heavy (non-hydrogen) atoms. The summed E-state index contributed by atoms with van der Waals surface area (Å²) in [5.74, 6) is 0.186. The summed E-state index contributed by atoms with van der Waals surface area (Å²) in [4.78, 5) is 0. The van der Waals surface area contributed by atoms with Crippen molar-refractivity contribution in [3.8, 4) is 5.75 Å². The van der Waals surface area contributed by atoms with Crippen LogP contribution in [-0.2, 0) is 0 Å². The molecule has 2 aromatic carbocycles. The number of nitrogens with two attached hydrogens (primary N) is 1. The lowest BCUT2D eigenvalue weighted by atomic mass is 9.99. The number of ether oxygens (including phenoxy) is 1. The van der Waals surface area contributed by atoms with Crippen LogP contribution in [0.15, 0.2) is 30.3 Å². The first-order valence-corrected chi connectivity index (χ1v) is 7.51. The summed E-state index contributed by atoms with van der Waals surface area (Å²) >= 11 is 14.4. The summed E-state index contributed by atoms with van der Waals surface area (Å²) in [6.45, 7) is 0. The fourth-order valence-electron chi connectivity index (χ4n) is 1.86. The van der Waals surface area contributed by atoms with E-state index in [1.165, 1.54) is 19.2 Å². The third-order valence-electron chi connectivity index (χ3n) is 2.90. The number of methoxy groups -OCH3 is 1. The van der Waals surface area contributed by atoms with Gasteiger partial charge in [0.25, 0.3) is 0 Å². The highest BCUT2D eigenvalue weighted by molar-refractivity contribution is 14.1. The molecule has 0 aromatic heterocycles. The van der Waals surface area contributed by atoms with E-state index >= 15 is 0 Å². The molecule has 2 nitrogen and oxygen atoms in total. The molecule has 106 valence electrons. The second kappa shape index (κ2) is 6.47. The summed E-state index contributed by atoms with van der Waals surface area (Å²) in [5.41, 5.74) is 7.67. The van der Waals surface area contributed by atoms with Gasteiger partial charge in [-0.15, -0.1) is 0 Å². The topological polar surface area (TPSA) is 35.2 Å². The SMILES string of the molecule is COc1cc(Cl)c(C(N)c2ccc(F)cc2I)cc1Cl. The van der Waals surface area contributed by atoms with E-state index in [9.17, 15) is 4.39 Å². The molecule has 6 heteroatoms. The summed E-state index contributed by atoms with van der Waals surface area (Å²) < 4.78 is 19.0. The monoisotopic (exact) mass is 425 g/mol. The highest BCUT2D eigenvalue weighted by Crippen LogP contribution is 2.36. The van der Waals surface area contributed by atoms with E-state index < -0.39 is 6.04 Å². The van der Waals surface area contributed by atoms with Crippen LogP contribution in [0.4, 0.5) is 4.39 Å². The first-order valence-electron chi connectivity index (χ1n) is 5.67. The van der Waals surface area contributed by atoms with Crippen molar-refractivity contribution >= 4 is 45.8 Å². The van der Waals surface area contributed by atoms with Gasteiger partial charge < -0.3 is 10.5 Å². The highest BCUT2D eigenvalue weighted by Gasteiger charge is 2.18. The van der Waals surface area contributed by atoms with E-state index in [4.69, 9.17) is 33.7 Å². The molecule has 0 amide bonds. The van der Waals surface area contributed by atoms with E-state index in [1.807, 2.05) is 22.6 Å². The Morgan fingerprint density at radius 2 is 1.85 bits per heavy atom. The zero-order chi connectivity index (χ0) is 14.9. The van der Waals surface area contributed by atoms with E-state index in [2.05, 4.69) is 0 Å². The lowest BCUT2D eigenvalue weighted by molar-refractivity contribution is 0.415. The van der Waals surface area contributed by atoms with Crippen molar-refractivity contribution in [2.45, 2.75) is 6.04 Å². The fraction of sp³-hybridized carbons (Fsp3) is 0.143. The number of hydrogen-bond acceptors (Lipinski definition) is 2. The van der Waals surface area contributed by atoms with Crippen molar-refractivity contribution in [1.29, 1.82) is 0 Å². The van der Waals surface area contributed by atoms with Gasteiger partial charge in [-0.3, -0.25) is 0 Å². The molecule has 0 bridgehead atoms. The van der Waals surface area contributed by atoms with Crippen molar-refractivity contribution in [3.05, 3.63) is 60.9 Å². The standard InChI is InChI=1S/C14H11Cl2FINO/c1-20-13-6-10(15)9(5-11(13)16)14(19)8-3-2-7(17)4-12(8)18/h2-6,14H,19H2,1H3. The van der Waals surface area contributed by atoms with E-state index in [-0.39, 0.29) is 5.82 Å². The second-order valence-corrected chi connectivity index (χ2v) is 6.13. The Bertz CT molecular complexity index is 651. The minimum atomic E-state index is -0.488. The minimum Gasteiger partial charge on any atom is -0.495 e. The van der Waals surface area contributed by atoms with Gasteiger partial charge in [0, 0.05) is 14.7 Å². The van der Waals surface area contributed by atoms with Gasteiger partial charge in [-0.1, -0.05) is 29.3 Å². The molecule has 0 aliphatic carbocycles. The van der Waals surface area contributed by atoms with Gasteiger partial charge in [0.15, 0.2) is 0 Å². The zero-order valence-corrected chi connectivity index (χ0v) is 14.1. The Balaban J connectivity index is 2.48. The van der Waals surface area contributed by atoms with Crippen LogP contribution in [0.25, 0.3) is 0 Å². The zero-order valence-electron chi connectivity index (χ0n) is 10.5. The molecule has 0 spiro atoms. The highest BCUT2D eigenvalue weighted by atomic mass is 127. The summed E-state index contributed by atoms with van der Waals surface area (Å²) in [5, 5.41) is 0.887. The summed E-state index contributed by atoms with van der Waals surface area (Å²) in [6, 6.07) is 7.25. The molecule has 0 heterocycles. The normalized spacial score (nSPS) is 12.3. The lowest BCUT2D eigenvalue weighted by Crippen LogP contribution is -2.14. The molecular weight excluding hydrogens is 415 g/mol. The van der Waals surface area contributed by atoms with Crippen LogP contribution in [0.1, 0.15) is 17.2 Å². The Hall–Kier alpha value is -0.560. The van der Waals surface area contributed by atoms with Gasteiger partial charge in [-0.25, -0.2) is 4.39 Å². The Morgan fingerprint density at radius 1 is 1.15 bits per heavy atom. The molecule has 0 aliphatic heterocycles. The maximum atomic E-state index is 13.1. The van der Waals surface area contributed by atoms with E-state index in [1.54, 1.807) is 18.2 Å². The quantitative estimate of drug-likeness (QED) is 0.717. The van der Waals surface area contributed by atoms with Gasteiger partial charge in [0.1, 0.15) is 11.6 Å². The lowest BCUT2D eigenvalue weighted by Gasteiger charge is -2.17. The van der Waals surface area contributed by atoms with Crippen LogP contribution in [0, 0.1) is 9.39 Å². The predicted molar refractivity (Wildman–Crippen MR) is 88.2 cm³/mol. The van der Waals surface area contributed by atoms with Crippen LogP contribution >= 0.6 is 45.8 Å². The fourth-order valence-corrected chi connectivity index (χ4v) is 3.19. The molecule has 2 N–H and O–H groups in total. The Labute approximate surface area is 140 Å². The average Bonchev–Trinajstić information content (AvgIpc) is 2.40. The molecule has 0 radical (unpaired) electrons. The molecular formula is C14H11Cl2FINO. The van der Waals surface area contributed by atoms with Crippen molar-refractivity contribution in [1.82, 2.24) is 0 Å². The smallest absolute Gasteiger partial charge is 0.138 e. The van der Waals surface area contributed by atoms with Gasteiger partial charge in [-0.2, -0.15) is 0 Å². The van der Waals surface area contributed by atoms with Crippen molar-refractivity contribution in [2.24, 2.45) is 5.73 Å². The Morgan fingerprint density at radius 3 is 2.45 bits per heavy atom.